The maximum Gasteiger partial charge on any atom is 0.0793 e. The lowest BCUT2D eigenvalue weighted by atomic mass is 10.0. The summed E-state index contributed by atoms with van der Waals surface area (Å²) in [6, 6.07) is 6.09. The second kappa shape index (κ2) is 3.81. The highest BCUT2D eigenvalue weighted by Gasteiger charge is 2.17. The van der Waals surface area contributed by atoms with Gasteiger partial charge in [0.05, 0.1) is 6.10 Å². The largest absolute Gasteiger partial charge is 0.388 e. The van der Waals surface area contributed by atoms with Gasteiger partial charge in [0, 0.05) is 4.47 Å². The predicted octanol–water partition coefficient (Wildman–Crippen LogP) is 3.21. The summed E-state index contributed by atoms with van der Waals surface area (Å²) in [6.07, 6.45) is 4.06. The third kappa shape index (κ3) is 1.79. The number of aliphatic hydroxyl groups excluding tert-OH is 1. The van der Waals surface area contributed by atoms with Crippen LogP contribution in [0.5, 0.6) is 0 Å². The van der Waals surface area contributed by atoms with Crippen LogP contribution >= 0.6 is 15.9 Å². The van der Waals surface area contributed by atoms with Gasteiger partial charge in [0.1, 0.15) is 0 Å². The van der Waals surface area contributed by atoms with E-state index in [9.17, 15) is 5.11 Å². The van der Waals surface area contributed by atoms with E-state index in [1.807, 2.05) is 12.1 Å². The van der Waals surface area contributed by atoms with Gasteiger partial charge in [0.15, 0.2) is 0 Å². The van der Waals surface area contributed by atoms with E-state index in [0.717, 1.165) is 29.3 Å². The van der Waals surface area contributed by atoms with Crippen molar-refractivity contribution in [2.45, 2.75) is 31.8 Å². The maximum absolute atomic E-state index is 9.84. The standard InChI is InChI=1S/C11H13BrO/c12-10-6-3-5-9-8(10)4-1-2-7-11(9)13/h3,5-6,11,13H,1-2,4,7H2/t11-/m1/s1. The van der Waals surface area contributed by atoms with E-state index < -0.39 is 0 Å². The Morgan fingerprint density at radius 2 is 2.15 bits per heavy atom. The molecule has 1 aromatic carbocycles. The van der Waals surface area contributed by atoms with E-state index >= 15 is 0 Å². The summed E-state index contributed by atoms with van der Waals surface area (Å²) in [4.78, 5) is 0. The van der Waals surface area contributed by atoms with E-state index in [4.69, 9.17) is 0 Å². The fourth-order valence-corrected chi connectivity index (χ4v) is 2.53. The van der Waals surface area contributed by atoms with Gasteiger partial charge in [0.25, 0.3) is 0 Å². The number of benzene rings is 1. The molecule has 0 saturated carbocycles. The van der Waals surface area contributed by atoms with Crippen LogP contribution in [0.3, 0.4) is 0 Å². The summed E-state index contributed by atoms with van der Waals surface area (Å²) in [6.45, 7) is 0. The summed E-state index contributed by atoms with van der Waals surface area (Å²) >= 11 is 3.53. The number of hydrogen-bond acceptors (Lipinski definition) is 1. The first kappa shape index (κ1) is 9.22. The molecule has 1 aliphatic carbocycles. The number of hydrogen-bond donors (Lipinski definition) is 1. The van der Waals surface area contributed by atoms with Crippen LogP contribution in [0.4, 0.5) is 0 Å². The molecular formula is C11H13BrO. The highest BCUT2D eigenvalue weighted by atomic mass is 79.9. The van der Waals surface area contributed by atoms with Crippen LogP contribution in [0, 0.1) is 0 Å². The first-order valence-corrected chi connectivity index (χ1v) is 5.53. The van der Waals surface area contributed by atoms with Crippen molar-refractivity contribution >= 4 is 15.9 Å². The first-order valence-electron chi connectivity index (χ1n) is 4.74. The molecule has 0 aromatic heterocycles. The van der Waals surface area contributed by atoms with Gasteiger partial charge in [0.2, 0.25) is 0 Å². The number of halogens is 1. The number of aliphatic hydroxyl groups is 1. The quantitative estimate of drug-likeness (QED) is 0.691. The van der Waals surface area contributed by atoms with Crippen LogP contribution in [0.25, 0.3) is 0 Å². The van der Waals surface area contributed by atoms with Gasteiger partial charge in [-0.1, -0.05) is 34.5 Å². The molecule has 2 heteroatoms. The fraction of sp³-hybridized carbons (Fsp3) is 0.455. The van der Waals surface area contributed by atoms with Crippen LogP contribution in [0.15, 0.2) is 22.7 Å². The molecule has 0 aliphatic heterocycles. The molecule has 0 bridgehead atoms. The Morgan fingerprint density at radius 3 is 3.00 bits per heavy atom. The molecule has 1 N–H and O–H groups in total. The Kier molecular flexibility index (Phi) is 2.70. The van der Waals surface area contributed by atoms with Gasteiger partial charge in [-0.2, -0.15) is 0 Å². The van der Waals surface area contributed by atoms with Gasteiger partial charge >= 0.3 is 0 Å². The zero-order valence-corrected chi connectivity index (χ0v) is 9.05. The number of rotatable bonds is 0. The van der Waals surface area contributed by atoms with E-state index in [1.165, 1.54) is 12.0 Å². The molecule has 70 valence electrons. The first-order chi connectivity index (χ1) is 6.29. The lowest BCUT2D eigenvalue weighted by molar-refractivity contribution is 0.166. The highest BCUT2D eigenvalue weighted by molar-refractivity contribution is 9.10. The fourth-order valence-electron chi connectivity index (χ4n) is 1.95. The molecular weight excluding hydrogens is 228 g/mol. The molecule has 2 rings (SSSR count). The molecule has 0 unspecified atom stereocenters. The average molecular weight is 241 g/mol. The van der Waals surface area contributed by atoms with Crippen molar-refractivity contribution in [1.82, 2.24) is 0 Å². The van der Waals surface area contributed by atoms with E-state index in [2.05, 4.69) is 22.0 Å². The monoisotopic (exact) mass is 240 g/mol. The second-order valence-electron chi connectivity index (χ2n) is 3.57. The SMILES string of the molecule is O[C@@H]1CCCCc2c(Br)cccc21. The topological polar surface area (TPSA) is 20.2 Å². The third-order valence-corrected chi connectivity index (χ3v) is 3.41. The van der Waals surface area contributed by atoms with Crippen molar-refractivity contribution in [3.63, 3.8) is 0 Å². The Bertz CT molecular complexity index is 309. The molecule has 1 aromatic rings. The Hall–Kier alpha value is -0.340. The number of fused-ring (bicyclic) bond motifs is 1. The van der Waals surface area contributed by atoms with Gasteiger partial charge in [-0.15, -0.1) is 0 Å². The predicted molar refractivity (Wildman–Crippen MR) is 56.7 cm³/mol. The van der Waals surface area contributed by atoms with Gasteiger partial charge < -0.3 is 5.11 Å². The van der Waals surface area contributed by atoms with Crippen LogP contribution in [0.1, 0.15) is 36.5 Å². The molecule has 1 nitrogen and oxygen atoms in total. The van der Waals surface area contributed by atoms with E-state index in [1.54, 1.807) is 0 Å². The molecule has 0 amide bonds. The second-order valence-corrected chi connectivity index (χ2v) is 4.42. The summed E-state index contributed by atoms with van der Waals surface area (Å²) < 4.78 is 1.14. The van der Waals surface area contributed by atoms with Crippen molar-refractivity contribution in [1.29, 1.82) is 0 Å². The smallest absolute Gasteiger partial charge is 0.0793 e. The van der Waals surface area contributed by atoms with E-state index in [0.29, 0.717) is 0 Å². The lowest BCUT2D eigenvalue weighted by Crippen LogP contribution is -1.98. The third-order valence-electron chi connectivity index (χ3n) is 2.67. The molecule has 0 fully saturated rings. The molecule has 1 atom stereocenters. The van der Waals surface area contributed by atoms with Crippen LogP contribution < -0.4 is 0 Å². The van der Waals surface area contributed by atoms with Crippen LogP contribution in [-0.2, 0) is 6.42 Å². The summed E-state index contributed by atoms with van der Waals surface area (Å²) in [7, 11) is 0. The van der Waals surface area contributed by atoms with E-state index in [-0.39, 0.29) is 6.10 Å². The maximum atomic E-state index is 9.84. The molecule has 13 heavy (non-hydrogen) atoms. The zero-order chi connectivity index (χ0) is 9.26. The highest BCUT2D eigenvalue weighted by Crippen LogP contribution is 2.32. The van der Waals surface area contributed by atoms with Crippen molar-refractivity contribution in [2.75, 3.05) is 0 Å². The van der Waals surface area contributed by atoms with Crippen LogP contribution in [0.2, 0.25) is 0 Å². The van der Waals surface area contributed by atoms with Crippen molar-refractivity contribution in [2.24, 2.45) is 0 Å². The summed E-state index contributed by atoms with van der Waals surface area (Å²) in [5, 5.41) is 9.84. The van der Waals surface area contributed by atoms with Crippen molar-refractivity contribution < 1.29 is 5.11 Å². The van der Waals surface area contributed by atoms with Crippen LogP contribution in [-0.4, -0.2) is 5.11 Å². The molecule has 0 heterocycles. The molecule has 0 radical (unpaired) electrons. The average Bonchev–Trinajstić information content (AvgIpc) is 2.30. The molecule has 0 saturated heterocycles. The van der Waals surface area contributed by atoms with Gasteiger partial charge in [-0.25, -0.2) is 0 Å². The Balaban J connectivity index is 2.47. The van der Waals surface area contributed by atoms with Crippen molar-refractivity contribution in [3.8, 4) is 0 Å². The van der Waals surface area contributed by atoms with Gasteiger partial charge in [-0.3, -0.25) is 0 Å². The Morgan fingerprint density at radius 1 is 1.31 bits per heavy atom. The van der Waals surface area contributed by atoms with Gasteiger partial charge in [-0.05, 0) is 36.5 Å². The molecule has 1 aliphatic rings. The Labute approximate surface area is 86.9 Å². The normalized spacial score (nSPS) is 22.2. The summed E-state index contributed by atoms with van der Waals surface area (Å²) in [5.74, 6) is 0. The minimum absolute atomic E-state index is 0.255. The minimum Gasteiger partial charge on any atom is -0.388 e. The lowest BCUT2D eigenvalue weighted by Gasteiger charge is -2.12. The minimum atomic E-state index is -0.255. The zero-order valence-electron chi connectivity index (χ0n) is 7.46. The van der Waals surface area contributed by atoms with Crippen molar-refractivity contribution in [3.05, 3.63) is 33.8 Å². The molecule has 0 spiro atoms. The summed E-state index contributed by atoms with van der Waals surface area (Å²) in [5.41, 5.74) is 2.42.